The number of anilines is 1. The molecule has 1 aromatic carbocycles. The van der Waals surface area contributed by atoms with Crippen LogP contribution in [0.25, 0.3) is 0 Å². The van der Waals surface area contributed by atoms with Gasteiger partial charge in [-0.05, 0) is 37.1 Å². The van der Waals surface area contributed by atoms with Crippen molar-refractivity contribution in [2.24, 2.45) is 0 Å². The summed E-state index contributed by atoms with van der Waals surface area (Å²) in [6, 6.07) is 5.67. The number of rotatable bonds is 9. The maximum atomic E-state index is 12.4. The van der Waals surface area contributed by atoms with Gasteiger partial charge >= 0.3 is 0 Å². The molecule has 0 spiro atoms. The third-order valence-corrected chi connectivity index (χ3v) is 4.92. The van der Waals surface area contributed by atoms with Gasteiger partial charge in [0.1, 0.15) is 6.04 Å². The molecule has 0 heterocycles. The number of hydrogen-bond donors (Lipinski definition) is 1. The Kier molecular flexibility index (Phi) is 7.85. The van der Waals surface area contributed by atoms with Gasteiger partial charge in [0, 0.05) is 11.6 Å². The number of benzene rings is 1. The van der Waals surface area contributed by atoms with E-state index in [0.29, 0.717) is 23.7 Å². The molecule has 1 N–H and O–H groups in total. The fourth-order valence-electron chi connectivity index (χ4n) is 2.35. The van der Waals surface area contributed by atoms with E-state index in [2.05, 4.69) is 12.2 Å². The first-order chi connectivity index (χ1) is 10.8. The van der Waals surface area contributed by atoms with Crippen LogP contribution in [-0.2, 0) is 14.8 Å². The lowest BCUT2D eigenvalue weighted by Crippen LogP contribution is -2.49. The Hall–Kier alpha value is -1.27. The lowest BCUT2D eigenvalue weighted by Gasteiger charge is -2.30. The van der Waals surface area contributed by atoms with Gasteiger partial charge in [-0.1, -0.05) is 38.3 Å². The van der Waals surface area contributed by atoms with Crippen molar-refractivity contribution < 1.29 is 13.2 Å². The number of nitrogens with one attached hydrogen (secondary N) is 1. The molecule has 5 nitrogen and oxygen atoms in total. The molecule has 23 heavy (non-hydrogen) atoms. The smallest absolute Gasteiger partial charge is 0.243 e. The molecular formula is C16H25ClN2O3S. The second-order valence-corrected chi connectivity index (χ2v) is 7.75. The van der Waals surface area contributed by atoms with Gasteiger partial charge in [-0.25, -0.2) is 8.42 Å². The summed E-state index contributed by atoms with van der Waals surface area (Å²) in [5.41, 5.74) is 0.437. The summed E-state index contributed by atoms with van der Waals surface area (Å²) in [5.74, 6) is -0.274. The van der Waals surface area contributed by atoms with Gasteiger partial charge in [-0.3, -0.25) is 9.10 Å². The van der Waals surface area contributed by atoms with Crippen LogP contribution >= 0.6 is 11.6 Å². The van der Waals surface area contributed by atoms with Crippen molar-refractivity contribution in [1.29, 1.82) is 0 Å². The standard InChI is InChI=1S/C16H25ClN2O3S/c1-4-6-7-12-18-16(20)15(5-2)19(23(3,21)22)14-10-8-13(17)9-11-14/h8-11,15H,4-7,12H2,1-3H3,(H,18,20)/t15-/m1/s1. The van der Waals surface area contributed by atoms with Crippen molar-refractivity contribution in [3.05, 3.63) is 29.3 Å². The van der Waals surface area contributed by atoms with Crippen LogP contribution < -0.4 is 9.62 Å². The Morgan fingerprint density at radius 3 is 2.30 bits per heavy atom. The van der Waals surface area contributed by atoms with E-state index < -0.39 is 16.1 Å². The zero-order valence-corrected chi connectivity index (χ0v) is 15.5. The Morgan fingerprint density at radius 2 is 1.83 bits per heavy atom. The first-order valence-electron chi connectivity index (χ1n) is 7.84. The second kappa shape index (κ2) is 9.13. The molecule has 0 aliphatic rings. The van der Waals surface area contributed by atoms with Gasteiger partial charge < -0.3 is 5.32 Å². The fourth-order valence-corrected chi connectivity index (χ4v) is 3.69. The summed E-state index contributed by atoms with van der Waals surface area (Å²) in [4.78, 5) is 12.4. The molecule has 7 heteroatoms. The zero-order valence-electron chi connectivity index (χ0n) is 13.9. The summed E-state index contributed by atoms with van der Waals surface area (Å²) in [6.45, 7) is 4.44. The number of nitrogens with zero attached hydrogens (tertiary/aromatic N) is 1. The van der Waals surface area contributed by atoms with Gasteiger partial charge in [0.2, 0.25) is 15.9 Å². The van der Waals surface area contributed by atoms with E-state index in [1.54, 1.807) is 31.2 Å². The zero-order chi connectivity index (χ0) is 17.5. The Morgan fingerprint density at radius 1 is 1.22 bits per heavy atom. The molecule has 0 unspecified atom stereocenters. The summed E-state index contributed by atoms with van der Waals surface area (Å²) in [7, 11) is -3.59. The minimum Gasteiger partial charge on any atom is -0.354 e. The lowest BCUT2D eigenvalue weighted by atomic mass is 10.2. The van der Waals surface area contributed by atoms with E-state index in [4.69, 9.17) is 11.6 Å². The van der Waals surface area contributed by atoms with Crippen LogP contribution in [0.15, 0.2) is 24.3 Å². The lowest BCUT2D eigenvalue weighted by molar-refractivity contribution is -0.122. The van der Waals surface area contributed by atoms with Crippen LogP contribution in [0.3, 0.4) is 0 Å². The molecule has 1 amide bonds. The molecule has 0 aliphatic heterocycles. The molecule has 0 fully saturated rings. The minimum absolute atomic E-state index is 0.274. The molecule has 0 radical (unpaired) electrons. The monoisotopic (exact) mass is 360 g/mol. The Balaban J connectivity index is 2.99. The highest BCUT2D eigenvalue weighted by atomic mass is 35.5. The van der Waals surface area contributed by atoms with Crippen LogP contribution in [-0.4, -0.2) is 33.2 Å². The van der Waals surface area contributed by atoms with Crippen molar-refractivity contribution in [3.63, 3.8) is 0 Å². The quantitative estimate of drug-likeness (QED) is 0.688. The number of carbonyl (C=O) groups excluding carboxylic acids is 1. The van der Waals surface area contributed by atoms with E-state index in [1.165, 1.54) is 4.31 Å². The Bertz CT molecular complexity index is 602. The summed E-state index contributed by atoms with van der Waals surface area (Å²) >= 11 is 5.86. The van der Waals surface area contributed by atoms with E-state index in [1.807, 2.05) is 0 Å². The van der Waals surface area contributed by atoms with Crippen molar-refractivity contribution in [1.82, 2.24) is 5.32 Å². The van der Waals surface area contributed by atoms with Gasteiger partial charge in [0.15, 0.2) is 0 Å². The summed E-state index contributed by atoms with van der Waals surface area (Å²) in [5, 5.41) is 3.34. The number of sulfonamides is 1. The molecular weight excluding hydrogens is 336 g/mol. The van der Waals surface area contributed by atoms with Crippen molar-refractivity contribution in [2.45, 2.75) is 45.6 Å². The first-order valence-corrected chi connectivity index (χ1v) is 10.1. The molecule has 1 aromatic rings. The van der Waals surface area contributed by atoms with Crippen molar-refractivity contribution >= 4 is 33.2 Å². The number of unbranched alkanes of at least 4 members (excludes halogenated alkanes) is 2. The maximum absolute atomic E-state index is 12.4. The van der Waals surface area contributed by atoms with E-state index in [0.717, 1.165) is 25.5 Å². The second-order valence-electron chi connectivity index (χ2n) is 5.46. The molecule has 130 valence electrons. The van der Waals surface area contributed by atoms with E-state index >= 15 is 0 Å². The molecule has 0 bridgehead atoms. The van der Waals surface area contributed by atoms with Gasteiger partial charge in [0.05, 0.1) is 11.9 Å². The highest BCUT2D eigenvalue weighted by Gasteiger charge is 2.31. The van der Waals surface area contributed by atoms with Crippen LogP contribution in [0.2, 0.25) is 5.02 Å². The van der Waals surface area contributed by atoms with Gasteiger partial charge in [0.25, 0.3) is 0 Å². The highest BCUT2D eigenvalue weighted by molar-refractivity contribution is 7.92. The van der Waals surface area contributed by atoms with Gasteiger partial charge in [-0.2, -0.15) is 0 Å². The largest absolute Gasteiger partial charge is 0.354 e. The number of carbonyl (C=O) groups is 1. The topological polar surface area (TPSA) is 66.5 Å². The fraction of sp³-hybridized carbons (Fsp3) is 0.562. The number of halogens is 1. The summed E-state index contributed by atoms with van der Waals surface area (Å²) in [6.07, 6.45) is 4.47. The SMILES string of the molecule is CCCCCNC(=O)[C@@H](CC)N(c1ccc(Cl)cc1)S(C)(=O)=O. The molecule has 1 atom stereocenters. The average Bonchev–Trinajstić information content (AvgIpc) is 2.49. The number of amides is 1. The predicted octanol–water partition coefficient (Wildman–Crippen LogP) is 3.19. The van der Waals surface area contributed by atoms with E-state index in [-0.39, 0.29) is 5.91 Å². The van der Waals surface area contributed by atoms with Crippen LogP contribution in [0.1, 0.15) is 39.5 Å². The predicted molar refractivity (Wildman–Crippen MR) is 95.4 cm³/mol. The van der Waals surface area contributed by atoms with Crippen molar-refractivity contribution in [3.8, 4) is 0 Å². The minimum atomic E-state index is -3.59. The molecule has 0 saturated heterocycles. The first kappa shape index (κ1) is 19.8. The third-order valence-electron chi connectivity index (χ3n) is 3.49. The van der Waals surface area contributed by atoms with E-state index in [9.17, 15) is 13.2 Å². The Labute approximate surface area is 144 Å². The molecule has 0 aliphatic carbocycles. The third kappa shape index (κ3) is 6.03. The average molecular weight is 361 g/mol. The maximum Gasteiger partial charge on any atom is 0.243 e. The van der Waals surface area contributed by atoms with Crippen molar-refractivity contribution in [2.75, 3.05) is 17.1 Å². The highest BCUT2D eigenvalue weighted by Crippen LogP contribution is 2.24. The van der Waals surface area contributed by atoms with Crippen LogP contribution in [0, 0.1) is 0 Å². The normalized spacial score (nSPS) is 12.7. The number of hydrogen-bond acceptors (Lipinski definition) is 3. The molecule has 1 rings (SSSR count). The van der Waals surface area contributed by atoms with Gasteiger partial charge in [-0.15, -0.1) is 0 Å². The van der Waals surface area contributed by atoms with Crippen LogP contribution in [0.5, 0.6) is 0 Å². The van der Waals surface area contributed by atoms with Crippen LogP contribution in [0.4, 0.5) is 5.69 Å². The molecule has 0 saturated carbocycles. The summed E-state index contributed by atoms with van der Waals surface area (Å²) < 4.78 is 25.6. The molecule has 0 aromatic heterocycles.